The zero-order chi connectivity index (χ0) is 16.0. The third kappa shape index (κ3) is 5.25. The molecule has 0 aliphatic carbocycles. The van der Waals surface area contributed by atoms with E-state index in [4.69, 9.17) is 4.74 Å². The molecule has 0 spiro atoms. The number of carbonyl (C=O) groups is 1. The first kappa shape index (κ1) is 17.3. The molecule has 0 amide bonds. The van der Waals surface area contributed by atoms with Crippen molar-refractivity contribution in [3.8, 4) is 5.75 Å². The molecule has 0 saturated carbocycles. The van der Waals surface area contributed by atoms with Crippen molar-refractivity contribution in [1.29, 1.82) is 0 Å². The van der Waals surface area contributed by atoms with Gasteiger partial charge >= 0.3 is 5.97 Å². The van der Waals surface area contributed by atoms with Gasteiger partial charge in [0.25, 0.3) is 0 Å². The number of hydrogen-bond acceptors (Lipinski definition) is 3. The summed E-state index contributed by atoms with van der Waals surface area (Å²) in [7, 11) is 0. The molecule has 1 aromatic rings. The average molecular weight is 290 g/mol. The minimum absolute atomic E-state index is 0.0630. The Bertz CT molecular complexity index is 489. The highest BCUT2D eigenvalue weighted by Gasteiger charge is 2.18. The van der Waals surface area contributed by atoms with Gasteiger partial charge in [-0.05, 0) is 35.8 Å². The Morgan fingerprint density at radius 2 is 2.00 bits per heavy atom. The van der Waals surface area contributed by atoms with Crippen LogP contribution in [-0.4, -0.2) is 11.1 Å². The highest BCUT2D eigenvalue weighted by molar-refractivity contribution is 5.81. The van der Waals surface area contributed by atoms with Crippen molar-refractivity contribution in [3.05, 3.63) is 42.0 Å². The third-order valence-electron chi connectivity index (χ3n) is 3.60. The van der Waals surface area contributed by atoms with Crippen LogP contribution in [0.3, 0.4) is 0 Å². The molecule has 0 bridgehead atoms. The molecule has 3 heteroatoms. The van der Waals surface area contributed by atoms with Gasteiger partial charge in [-0.3, -0.25) is 0 Å². The van der Waals surface area contributed by atoms with Gasteiger partial charge in [-0.15, -0.1) is 0 Å². The number of benzene rings is 1. The summed E-state index contributed by atoms with van der Waals surface area (Å²) in [5.74, 6) is 1.22. The molecule has 0 saturated heterocycles. The van der Waals surface area contributed by atoms with Crippen molar-refractivity contribution in [2.45, 2.75) is 46.6 Å². The van der Waals surface area contributed by atoms with E-state index in [0.29, 0.717) is 23.3 Å². The maximum absolute atomic E-state index is 11.1. The Labute approximate surface area is 127 Å². The molecule has 1 N–H and O–H groups in total. The minimum atomic E-state index is -0.488. The summed E-state index contributed by atoms with van der Waals surface area (Å²) in [6.45, 7) is 12.2. The number of phenolic OH excluding ortho intramolecular Hbond substituents is 1. The van der Waals surface area contributed by atoms with E-state index >= 15 is 0 Å². The van der Waals surface area contributed by atoms with Crippen LogP contribution in [0.5, 0.6) is 5.75 Å². The molecule has 0 aliphatic rings. The molecule has 0 aromatic heterocycles. The Kier molecular flexibility index (Phi) is 6.47. The fourth-order valence-electron chi connectivity index (χ4n) is 2.44. The molecule has 21 heavy (non-hydrogen) atoms. The van der Waals surface area contributed by atoms with Gasteiger partial charge in [-0.1, -0.05) is 46.4 Å². The second-order valence-electron chi connectivity index (χ2n) is 6.18. The summed E-state index contributed by atoms with van der Waals surface area (Å²) >= 11 is 0. The minimum Gasteiger partial charge on any atom is -0.508 e. The lowest BCUT2D eigenvalue weighted by molar-refractivity contribution is -0.139. The zero-order valence-electron chi connectivity index (χ0n) is 13.4. The smallest absolute Gasteiger partial charge is 0.330 e. The number of rotatable bonds is 7. The van der Waals surface area contributed by atoms with Crippen LogP contribution in [0.25, 0.3) is 0 Å². The number of aromatic hydroxyl groups is 1. The normalized spacial score (nSPS) is 12.5. The van der Waals surface area contributed by atoms with Crippen molar-refractivity contribution in [3.63, 3.8) is 0 Å². The summed E-state index contributed by atoms with van der Waals surface area (Å²) in [4.78, 5) is 11.1. The van der Waals surface area contributed by atoms with Crippen molar-refractivity contribution < 1.29 is 14.6 Å². The van der Waals surface area contributed by atoms with E-state index in [1.54, 1.807) is 6.07 Å². The van der Waals surface area contributed by atoms with Crippen molar-refractivity contribution in [2.24, 2.45) is 11.8 Å². The van der Waals surface area contributed by atoms with Crippen LogP contribution in [0.1, 0.15) is 51.2 Å². The molecular formula is C18H26O3. The monoisotopic (exact) mass is 290 g/mol. The average Bonchev–Trinajstić information content (AvgIpc) is 2.42. The van der Waals surface area contributed by atoms with Gasteiger partial charge in [0.2, 0.25) is 0 Å². The predicted molar refractivity (Wildman–Crippen MR) is 85.1 cm³/mol. The lowest BCUT2D eigenvalue weighted by Gasteiger charge is -2.24. The molecular weight excluding hydrogens is 264 g/mol. The summed E-state index contributed by atoms with van der Waals surface area (Å²) < 4.78 is 4.95. The van der Waals surface area contributed by atoms with Crippen molar-refractivity contribution in [2.75, 3.05) is 0 Å². The molecule has 0 fully saturated rings. The van der Waals surface area contributed by atoms with Crippen LogP contribution in [0.2, 0.25) is 0 Å². The number of hydrogen-bond donors (Lipinski definition) is 1. The molecule has 3 nitrogen and oxygen atoms in total. The number of esters is 1. The molecule has 1 aromatic carbocycles. The van der Waals surface area contributed by atoms with Gasteiger partial charge in [0.1, 0.15) is 12.4 Å². The van der Waals surface area contributed by atoms with E-state index in [1.807, 2.05) is 12.1 Å². The van der Waals surface area contributed by atoms with E-state index in [2.05, 4.69) is 34.3 Å². The number of phenols is 1. The Morgan fingerprint density at radius 3 is 2.48 bits per heavy atom. The maximum atomic E-state index is 11.1. The topological polar surface area (TPSA) is 46.5 Å². The van der Waals surface area contributed by atoms with Gasteiger partial charge in [-0.2, -0.15) is 0 Å². The summed E-state index contributed by atoms with van der Waals surface area (Å²) in [6, 6.07) is 5.64. The fourth-order valence-corrected chi connectivity index (χ4v) is 2.44. The van der Waals surface area contributed by atoms with Gasteiger partial charge < -0.3 is 9.84 Å². The lowest BCUT2D eigenvalue weighted by Crippen LogP contribution is -2.10. The summed E-state index contributed by atoms with van der Waals surface area (Å²) in [5.41, 5.74) is 1.75. The first-order chi connectivity index (χ1) is 9.85. The van der Waals surface area contributed by atoms with Gasteiger partial charge in [0.05, 0.1) is 0 Å². The van der Waals surface area contributed by atoms with Crippen LogP contribution in [0, 0.1) is 11.8 Å². The largest absolute Gasteiger partial charge is 0.508 e. The molecule has 0 heterocycles. The third-order valence-corrected chi connectivity index (χ3v) is 3.60. The van der Waals surface area contributed by atoms with E-state index in [0.717, 1.165) is 18.1 Å². The summed E-state index contributed by atoms with van der Waals surface area (Å²) in [5, 5.41) is 10.1. The Morgan fingerprint density at radius 1 is 1.33 bits per heavy atom. The molecule has 0 radical (unpaired) electrons. The Balaban J connectivity index is 2.89. The molecule has 1 rings (SSSR count). The SMILES string of the molecule is C=CC(=O)OCc1ccc(C(CC(C)C)C(C)C)cc1O. The molecule has 1 unspecified atom stereocenters. The standard InChI is InChI=1S/C18H26O3/c1-6-18(20)21-11-15-8-7-14(10-17(15)19)16(13(4)5)9-12(2)3/h6-8,10,12-13,16,19H,1,9,11H2,2-5H3. The maximum Gasteiger partial charge on any atom is 0.330 e. The molecule has 0 aliphatic heterocycles. The molecule has 1 atom stereocenters. The zero-order valence-corrected chi connectivity index (χ0v) is 13.4. The number of carbonyl (C=O) groups excluding carboxylic acids is 1. The molecule has 116 valence electrons. The van der Waals surface area contributed by atoms with Crippen LogP contribution in [0.4, 0.5) is 0 Å². The van der Waals surface area contributed by atoms with Crippen molar-refractivity contribution >= 4 is 5.97 Å². The van der Waals surface area contributed by atoms with E-state index in [9.17, 15) is 9.90 Å². The van der Waals surface area contributed by atoms with Crippen LogP contribution in [-0.2, 0) is 16.1 Å². The predicted octanol–water partition coefficient (Wildman–Crippen LogP) is 4.41. The highest BCUT2D eigenvalue weighted by Crippen LogP contribution is 2.33. The van der Waals surface area contributed by atoms with E-state index < -0.39 is 5.97 Å². The van der Waals surface area contributed by atoms with Crippen LogP contribution < -0.4 is 0 Å². The van der Waals surface area contributed by atoms with Crippen LogP contribution >= 0.6 is 0 Å². The van der Waals surface area contributed by atoms with Gasteiger partial charge in [-0.25, -0.2) is 4.79 Å². The quantitative estimate of drug-likeness (QED) is 0.598. The van der Waals surface area contributed by atoms with E-state index in [-0.39, 0.29) is 12.4 Å². The Hall–Kier alpha value is -1.77. The second kappa shape index (κ2) is 7.87. The van der Waals surface area contributed by atoms with Gasteiger partial charge in [0.15, 0.2) is 0 Å². The first-order valence-electron chi connectivity index (χ1n) is 7.46. The van der Waals surface area contributed by atoms with E-state index in [1.165, 1.54) is 0 Å². The van der Waals surface area contributed by atoms with Crippen molar-refractivity contribution in [1.82, 2.24) is 0 Å². The lowest BCUT2D eigenvalue weighted by atomic mass is 9.82. The van der Waals surface area contributed by atoms with Crippen LogP contribution in [0.15, 0.2) is 30.9 Å². The highest BCUT2D eigenvalue weighted by atomic mass is 16.5. The summed E-state index contributed by atoms with van der Waals surface area (Å²) in [6.07, 6.45) is 2.20. The van der Waals surface area contributed by atoms with Gasteiger partial charge in [0, 0.05) is 11.6 Å². The second-order valence-corrected chi connectivity index (χ2v) is 6.18. The first-order valence-corrected chi connectivity index (χ1v) is 7.46. The fraction of sp³-hybridized carbons (Fsp3) is 0.500. The number of ether oxygens (including phenoxy) is 1.